The summed E-state index contributed by atoms with van der Waals surface area (Å²) in [6, 6.07) is 16.4. The summed E-state index contributed by atoms with van der Waals surface area (Å²) in [4.78, 5) is 0. The fourth-order valence-corrected chi connectivity index (χ4v) is 2.68. The van der Waals surface area contributed by atoms with Crippen LogP contribution in [0.4, 0.5) is 5.69 Å². The Bertz CT molecular complexity index is 761. The first-order chi connectivity index (χ1) is 10.1. The van der Waals surface area contributed by atoms with Crippen LogP contribution in [0.15, 0.2) is 52.9 Å². The molecule has 1 heterocycles. The van der Waals surface area contributed by atoms with Gasteiger partial charge in [-0.15, -0.1) is 0 Å². The minimum Gasteiger partial charge on any atom is -0.444 e. The maximum atomic E-state index is 6.21. The SMILES string of the molecule is CC(C)c1cccc(NCc2c(Cl)oc3ccccc23)c1. The summed E-state index contributed by atoms with van der Waals surface area (Å²) >= 11 is 6.21. The van der Waals surface area contributed by atoms with Gasteiger partial charge in [0.15, 0.2) is 5.22 Å². The molecule has 0 atom stereocenters. The molecule has 0 aliphatic rings. The molecular formula is C18H18ClNO. The molecule has 2 nitrogen and oxygen atoms in total. The highest BCUT2D eigenvalue weighted by molar-refractivity contribution is 6.30. The van der Waals surface area contributed by atoms with E-state index in [1.165, 1.54) is 5.56 Å². The average Bonchev–Trinajstić information content (AvgIpc) is 2.81. The number of anilines is 1. The highest BCUT2D eigenvalue weighted by Crippen LogP contribution is 2.30. The van der Waals surface area contributed by atoms with E-state index in [9.17, 15) is 0 Å². The Hall–Kier alpha value is -1.93. The van der Waals surface area contributed by atoms with E-state index in [2.05, 4.69) is 43.4 Å². The van der Waals surface area contributed by atoms with Gasteiger partial charge < -0.3 is 9.73 Å². The Morgan fingerprint density at radius 1 is 1.10 bits per heavy atom. The minimum atomic E-state index is 0.462. The molecule has 21 heavy (non-hydrogen) atoms. The van der Waals surface area contributed by atoms with Gasteiger partial charge in [-0.2, -0.15) is 0 Å². The molecule has 0 saturated carbocycles. The van der Waals surface area contributed by atoms with Crippen molar-refractivity contribution >= 4 is 28.3 Å². The lowest BCUT2D eigenvalue weighted by Crippen LogP contribution is -2.00. The van der Waals surface area contributed by atoms with Crippen LogP contribution >= 0.6 is 11.6 Å². The van der Waals surface area contributed by atoms with Gasteiger partial charge in [0.2, 0.25) is 0 Å². The van der Waals surface area contributed by atoms with E-state index >= 15 is 0 Å². The minimum absolute atomic E-state index is 0.462. The van der Waals surface area contributed by atoms with Gasteiger partial charge >= 0.3 is 0 Å². The first-order valence-electron chi connectivity index (χ1n) is 7.15. The van der Waals surface area contributed by atoms with Crippen molar-refractivity contribution in [2.75, 3.05) is 5.32 Å². The molecule has 3 aromatic rings. The first-order valence-corrected chi connectivity index (χ1v) is 7.52. The summed E-state index contributed by atoms with van der Waals surface area (Å²) < 4.78 is 5.57. The van der Waals surface area contributed by atoms with Crippen LogP contribution in [0.5, 0.6) is 0 Å². The lowest BCUT2D eigenvalue weighted by molar-refractivity contribution is 0.613. The third kappa shape index (κ3) is 2.91. The van der Waals surface area contributed by atoms with Crippen molar-refractivity contribution in [3.8, 4) is 0 Å². The average molecular weight is 300 g/mol. The molecule has 0 fully saturated rings. The lowest BCUT2D eigenvalue weighted by Gasteiger charge is -2.10. The van der Waals surface area contributed by atoms with E-state index < -0.39 is 0 Å². The maximum absolute atomic E-state index is 6.21. The van der Waals surface area contributed by atoms with Crippen molar-refractivity contribution in [3.63, 3.8) is 0 Å². The molecule has 2 aromatic carbocycles. The molecule has 0 bridgehead atoms. The number of benzene rings is 2. The Morgan fingerprint density at radius 2 is 1.90 bits per heavy atom. The van der Waals surface area contributed by atoms with Crippen molar-refractivity contribution in [2.45, 2.75) is 26.3 Å². The summed E-state index contributed by atoms with van der Waals surface area (Å²) in [6.45, 7) is 5.04. The predicted molar refractivity (Wildman–Crippen MR) is 89.1 cm³/mol. The van der Waals surface area contributed by atoms with Crippen LogP contribution in [0, 0.1) is 0 Å². The van der Waals surface area contributed by atoms with Crippen LogP contribution in [0.2, 0.25) is 5.22 Å². The Kier molecular flexibility index (Phi) is 3.89. The molecule has 0 spiro atoms. The standard InChI is InChI=1S/C18H18ClNO/c1-12(2)13-6-5-7-14(10-13)20-11-16-15-8-3-4-9-17(15)21-18(16)19/h3-10,12,20H,11H2,1-2H3. The summed E-state index contributed by atoms with van der Waals surface area (Å²) in [5, 5.41) is 4.96. The molecule has 0 unspecified atom stereocenters. The molecule has 0 saturated heterocycles. The Labute approximate surface area is 129 Å². The second kappa shape index (κ2) is 5.82. The summed E-state index contributed by atoms with van der Waals surface area (Å²) in [5.41, 5.74) is 4.25. The van der Waals surface area contributed by atoms with Gasteiger partial charge in [-0.25, -0.2) is 0 Å². The Balaban J connectivity index is 1.83. The van der Waals surface area contributed by atoms with Gasteiger partial charge in [0.05, 0.1) is 0 Å². The van der Waals surface area contributed by atoms with Crippen LogP contribution in [0.1, 0.15) is 30.9 Å². The third-order valence-electron chi connectivity index (χ3n) is 3.67. The molecule has 3 heteroatoms. The lowest BCUT2D eigenvalue weighted by atomic mass is 10.0. The molecule has 3 rings (SSSR count). The first kappa shape index (κ1) is 14.0. The second-order valence-electron chi connectivity index (χ2n) is 5.48. The van der Waals surface area contributed by atoms with Gasteiger partial charge in [-0.05, 0) is 41.3 Å². The van der Waals surface area contributed by atoms with E-state index in [1.54, 1.807) is 0 Å². The Morgan fingerprint density at radius 3 is 2.71 bits per heavy atom. The zero-order chi connectivity index (χ0) is 14.8. The van der Waals surface area contributed by atoms with Crippen LogP contribution in [-0.2, 0) is 6.54 Å². The fourth-order valence-electron chi connectivity index (χ4n) is 2.43. The number of halogens is 1. The quantitative estimate of drug-likeness (QED) is 0.656. The number of nitrogens with one attached hydrogen (secondary N) is 1. The number of hydrogen-bond donors (Lipinski definition) is 1. The summed E-state index contributed by atoms with van der Waals surface area (Å²) in [7, 11) is 0. The normalized spacial score (nSPS) is 11.2. The van der Waals surface area contributed by atoms with Gasteiger partial charge in [0, 0.05) is 23.2 Å². The number of para-hydroxylation sites is 1. The van der Waals surface area contributed by atoms with E-state index in [1.807, 2.05) is 24.3 Å². The van der Waals surface area contributed by atoms with Gasteiger partial charge in [-0.3, -0.25) is 0 Å². The van der Waals surface area contributed by atoms with Gasteiger partial charge in [0.1, 0.15) is 5.58 Å². The highest BCUT2D eigenvalue weighted by atomic mass is 35.5. The number of furan rings is 1. The van der Waals surface area contributed by atoms with E-state index in [0.717, 1.165) is 22.2 Å². The molecular weight excluding hydrogens is 282 g/mol. The summed E-state index contributed by atoms with van der Waals surface area (Å²) in [5.74, 6) is 0.519. The fraction of sp³-hybridized carbons (Fsp3) is 0.222. The molecule has 1 aromatic heterocycles. The highest BCUT2D eigenvalue weighted by Gasteiger charge is 2.11. The number of rotatable bonds is 4. The topological polar surface area (TPSA) is 25.2 Å². The smallest absolute Gasteiger partial charge is 0.199 e. The molecule has 0 amide bonds. The molecule has 0 radical (unpaired) electrons. The zero-order valence-corrected chi connectivity index (χ0v) is 12.9. The van der Waals surface area contributed by atoms with Crippen LogP contribution < -0.4 is 5.32 Å². The van der Waals surface area contributed by atoms with Crippen LogP contribution in [-0.4, -0.2) is 0 Å². The van der Waals surface area contributed by atoms with E-state index in [-0.39, 0.29) is 0 Å². The van der Waals surface area contributed by atoms with E-state index in [0.29, 0.717) is 17.7 Å². The monoisotopic (exact) mass is 299 g/mol. The van der Waals surface area contributed by atoms with Crippen molar-refractivity contribution in [2.24, 2.45) is 0 Å². The third-order valence-corrected chi connectivity index (χ3v) is 3.98. The van der Waals surface area contributed by atoms with Gasteiger partial charge in [0.25, 0.3) is 0 Å². The van der Waals surface area contributed by atoms with Crippen molar-refractivity contribution in [1.29, 1.82) is 0 Å². The molecule has 0 aliphatic carbocycles. The number of fused-ring (bicyclic) bond motifs is 1. The largest absolute Gasteiger partial charge is 0.444 e. The molecule has 0 aliphatic heterocycles. The van der Waals surface area contributed by atoms with E-state index in [4.69, 9.17) is 16.0 Å². The van der Waals surface area contributed by atoms with Crippen LogP contribution in [0.3, 0.4) is 0 Å². The predicted octanol–water partition coefficient (Wildman–Crippen LogP) is 5.82. The van der Waals surface area contributed by atoms with Crippen molar-refractivity contribution < 1.29 is 4.42 Å². The number of hydrogen-bond acceptors (Lipinski definition) is 2. The molecule has 1 N–H and O–H groups in total. The zero-order valence-electron chi connectivity index (χ0n) is 12.2. The van der Waals surface area contributed by atoms with Crippen molar-refractivity contribution in [1.82, 2.24) is 0 Å². The second-order valence-corrected chi connectivity index (χ2v) is 5.83. The molecule has 108 valence electrons. The van der Waals surface area contributed by atoms with Crippen LogP contribution in [0.25, 0.3) is 11.0 Å². The van der Waals surface area contributed by atoms with Crippen molar-refractivity contribution in [3.05, 3.63) is 64.9 Å². The summed E-state index contributed by atoms with van der Waals surface area (Å²) in [6.07, 6.45) is 0. The maximum Gasteiger partial charge on any atom is 0.199 e. The van der Waals surface area contributed by atoms with Gasteiger partial charge in [-0.1, -0.05) is 44.2 Å².